The van der Waals surface area contributed by atoms with Crippen LogP contribution in [-0.4, -0.2) is 29.0 Å². The number of nitrogens with zero attached hydrogens (tertiary/aromatic N) is 2. The number of halogens is 2. The van der Waals surface area contributed by atoms with Crippen LogP contribution in [0.5, 0.6) is 0 Å². The highest BCUT2D eigenvalue weighted by Crippen LogP contribution is 2.55. The van der Waals surface area contributed by atoms with Crippen molar-refractivity contribution >= 4 is 34.0 Å². The highest BCUT2D eigenvalue weighted by atomic mass is 32.2. The number of amides is 1. The lowest BCUT2D eigenvalue weighted by Crippen LogP contribution is -2.47. The van der Waals surface area contributed by atoms with Gasteiger partial charge in [0.15, 0.2) is 0 Å². The Hall–Kier alpha value is -1.77. The number of thiophene rings is 1. The Labute approximate surface area is 183 Å². The number of thioether (sulfide) groups is 1. The maximum atomic E-state index is 14.5. The van der Waals surface area contributed by atoms with Crippen LogP contribution in [-0.2, 0) is 16.1 Å². The van der Waals surface area contributed by atoms with Gasteiger partial charge in [0.1, 0.15) is 21.5 Å². The first kappa shape index (κ1) is 21.5. The van der Waals surface area contributed by atoms with E-state index in [1.165, 1.54) is 22.7 Å². The Morgan fingerprint density at radius 1 is 1.23 bits per heavy atom. The zero-order chi connectivity index (χ0) is 20.0. The maximum absolute atomic E-state index is 14.5. The second-order valence-corrected chi connectivity index (χ2v) is 9.97. The smallest absolute Gasteiger partial charge is 0.247 e. The van der Waals surface area contributed by atoms with Crippen LogP contribution in [0.4, 0.5) is 8.78 Å². The molecule has 5 rings (SSSR count). The highest BCUT2D eigenvalue weighted by molar-refractivity contribution is 8.15. The summed E-state index contributed by atoms with van der Waals surface area (Å²) in [7, 11) is 0. The maximum Gasteiger partial charge on any atom is 0.247 e. The third-order valence-corrected chi connectivity index (χ3v) is 8.35. The van der Waals surface area contributed by atoms with Gasteiger partial charge in [-0.3, -0.25) is 4.79 Å². The lowest BCUT2D eigenvalue weighted by molar-refractivity contribution is -0.140. The second kappa shape index (κ2) is 8.40. The minimum absolute atomic E-state index is 0. The van der Waals surface area contributed by atoms with Crippen molar-refractivity contribution < 1.29 is 13.6 Å². The van der Waals surface area contributed by atoms with Crippen molar-refractivity contribution in [3.8, 4) is 0 Å². The largest absolute Gasteiger partial charge is 0.317 e. The van der Waals surface area contributed by atoms with Gasteiger partial charge in [-0.1, -0.05) is 19.2 Å². The summed E-state index contributed by atoms with van der Waals surface area (Å²) in [5, 5.41) is 12.0. The molecule has 3 heterocycles. The molecule has 0 saturated carbocycles. The molecule has 160 valence electrons. The van der Waals surface area contributed by atoms with E-state index in [9.17, 15) is 13.6 Å². The van der Waals surface area contributed by atoms with Crippen LogP contribution < -0.4 is 5.32 Å². The van der Waals surface area contributed by atoms with Crippen LogP contribution in [0.25, 0.3) is 0 Å². The number of hydrogen-bond donors (Lipinski definition) is 1. The molecular weight excluding hydrogens is 424 g/mol. The molecule has 1 fully saturated rings. The van der Waals surface area contributed by atoms with Crippen molar-refractivity contribution in [2.24, 2.45) is 11.0 Å². The molecule has 8 heteroatoms. The number of fused-ring (bicyclic) bond motifs is 2. The van der Waals surface area contributed by atoms with E-state index in [0.717, 1.165) is 62.9 Å². The monoisotopic (exact) mass is 449 g/mol. The SMILES string of the molecule is C.O=C(C1CCNCC1)N1N=C(c2cc(F)ccc2F)SC12CCCc1sccc12. The summed E-state index contributed by atoms with van der Waals surface area (Å²) in [6, 6.07) is 5.46. The summed E-state index contributed by atoms with van der Waals surface area (Å²) in [5.41, 5.74) is 1.22. The number of carbonyl (C=O) groups excluding carboxylic acids is 1. The summed E-state index contributed by atoms with van der Waals surface area (Å²) in [4.78, 5) is 14.1. The summed E-state index contributed by atoms with van der Waals surface area (Å²) in [5.74, 6) is -1.14. The van der Waals surface area contributed by atoms with Crippen LogP contribution >= 0.6 is 23.1 Å². The average molecular weight is 450 g/mol. The van der Waals surface area contributed by atoms with Crippen LogP contribution in [0, 0.1) is 17.6 Å². The molecule has 1 aromatic heterocycles. The first-order valence-corrected chi connectivity index (χ1v) is 11.6. The molecule has 1 unspecified atom stereocenters. The summed E-state index contributed by atoms with van der Waals surface area (Å²) >= 11 is 3.09. The van der Waals surface area contributed by atoms with Gasteiger partial charge in [-0.05, 0) is 74.8 Å². The summed E-state index contributed by atoms with van der Waals surface area (Å²) in [6.45, 7) is 1.62. The van der Waals surface area contributed by atoms with E-state index in [2.05, 4.69) is 16.5 Å². The third kappa shape index (κ3) is 3.48. The van der Waals surface area contributed by atoms with Crippen molar-refractivity contribution in [1.29, 1.82) is 0 Å². The van der Waals surface area contributed by atoms with Gasteiger partial charge in [-0.2, -0.15) is 5.10 Å². The van der Waals surface area contributed by atoms with E-state index in [-0.39, 0.29) is 24.8 Å². The minimum atomic E-state index is -0.663. The standard InChI is InChI=1S/C21H21F2N3OS2.CH4/c22-14-3-4-17(23)15(12-14)19-25-26(20(27)13-5-9-24-10-6-13)21(29-19)8-1-2-18-16(21)7-11-28-18;/h3-4,7,11-13,24H,1-2,5-6,8-10H2;1H4. The Balaban J connectivity index is 0.00000218. The van der Waals surface area contributed by atoms with Gasteiger partial charge < -0.3 is 5.32 Å². The fourth-order valence-corrected chi connectivity index (χ4v) is 7.00. The van der Waals surface area contributed by atoms with E-state index in [0.29, 0.717) is 5.04 Å². The zero-order valence-electron chi connectivity index (χ0n) is 15.8. The normalized spacial score (nSPS) is 23.8. The topological polar surface area (TPSA) is 44.7 Å². The summed E-state index contributed by atoms with van der Waals surface area (Å²) in [6.07, 6.45) is 4.21. The van der Waals surface area contributed by atoms with Crippen LogP contribution in [0.1, 0.15) is 49.1 Å². The third-order valence-electron chi connectivity index (χ3n) is 5.94. The van der Waals surface area contributed by atoms with Gasteiger partial charge in [0, 0.05) is 21.9 Å². The molecule has 2 aromatic rings. The molecular formula is C22H25F2N3OS2. The van der Waals surface area contributed by atoms with E-state index in [1.54, 1.807) is 16.3 Å². The lowest BCUT2D eigenvalue weighted by atomic mass is 9.90. The molecule has 4 nitrogen and oxygen atoms in total. The number of hydrazone groups is 1. The predicted octanol–water partition coefficient (Wildman–Crippen LogP) is 5.09. The average Bonchev–Trinajstić information content (AvgIpc) is 3.36. The quantitative estimate of drug-likeness (QED) is 0.695. The van der Waals surface area contributed by atoms with Crippen LogP contribution in [0.3, 0.4) is 0 Å². The molecule has 1 saturated heterocycles. The van der Waals surface area contributed by atoms with E-state index in [1.807, 2.05) is 5.38 Å². The fraction of sp³-hybridized carbons (Fsp3) is 0.455. The summed E-state index contributed by atoms with van der Waals surface area (Å²) < 4.78 is 28.4. The van der Waals surface area contributed by atoms with Gasteiger partial charge >= 0.3 is 0 Å². The number of hydrogen-bond acceptors (Lipinski definition) is 5. The highest BCUT2D eigenvalue weighted by Gasteiger charge is 2.52. The first-order chi connectivity index (χ1) is 14.1. The van der Waals surface area contributed by atoms with Gasteiger partial charge in [0.25, 0.3) is 0 Å². The lowest BCUT2D eigenvalue weighted by Gasteiger charge is -2.40. The van der Waals surface area contributed by atoms with Gasteiger partial charge in [-0.15, -0.1) is 11.3 Å². The zero-order valence-corrected chi connectivity index (χ0v) is 17.4. The Morgan fingerprint density at radius 3 is 2.83 bits per heavy atom. The van der Waals surface area contributed by atoms with Crippen molar-refractivity contribution in [3.63, 3.8) is 0 Å². The first-order valence-electron chi connectivity index (χ1n) is 9.93. The van der Waals surface area contributed by atoms with Crippen molar-refractivity contribution in [2.45, 2.75) is 44.4 Å². The number of carbonyl (C=O) groups is 1. The molecule has 1 atom stereocenters. The Kier molecular flexibility index (Phi) is 6.01. The second-order valence-electron chi connectivity index (χ2n) is 7.70. The molecule has 1 amide bonds. The number of rotatable bonds is 2. The van der Waals surface area contributed by atoms with Crippen LogP contribution in [0.2, 0.25) is 0 Å². The molecule has 30 heavy (non-hydrogen) atoms. The molecule has 1 aliphatic carbocycles. The Bertz CT molecular complexity index is 987. The van der Waals surface area contributed by atoms with Gasteiger partial charge in [-0.25, -0.2) is 13.8 Å². The van der Waals surface area contributed by atoms with E-state index < -0.39 is 16.5 Å². The molecule has 0 bridgehead atoms. The van der Waals surface area contributed by atoms with Crippen molar-refractivity contribution in [3.05, 3.63) is 57.3 Å². The molecule has 1 aromatic carbocycles. The molecule has 2 aliphatic heterocycles. The van der Waals surface area contributed by atoms with E-state index >= 15 is 0 Å². The van der Waals surface area contributed by atoms with Gasteiger partial charge in [0.2, 0.25) is 5.91 Å². The van der Waals surface area contributed by atoms with Crippen molar-refractivity contribution in [1.82, 2.24) is 10.3 Å². The van der Waals surface area contributed by atoms with Gasteiger partial charge in [0.05, 0.1) is 0 Å². The number of benzene rings is 1. The molecule has 0 radical (unpaired) electrons. The number of aryl methyl sites for hydroxylation is 1. The molecule has 3 aliphatic rings. The van der Waals surface area contributed by atoms with Crippen LogP contribution in [0.15, 0.2) is 34.7 Å². The molecule has 1 spiro atoms. The minimum Gasteiger partial charge on any atom is -0.317 e. The van der Waals surface area contributed by atoms with E-state index in [4.69, 9.17) is 0 Å². The molecule has 1 N–H and O–H groups in total. The fourth-order valence-electron chi connectivity index (χ4n) is 4.47. The Morgan fingerprint density at radius 2 is 2.03 bits per heavy atom. The number of piperidine rings is 1. The number of nitrogens with one attached hydrogen (secondary N) is 1. The predicted molar refractivity (Wildman–Crippen MR) is 119 cm³/mol. The van der Waals surface area contributed by atoms with Crippen molar-refractivity contribution in [2.75, 3.05) is 13.1 Å².